The molecule has 0 atom stereocenters. The molecule has 0 saturated carbocycles. The van der Waals surface area contributed by atoms with E-state index < -0.39 is 0 Å². The van der Waals surface area contributed by atoms with E-state index in [2.05, 4.69) is 17.4 Å². The molecule has 130 valence electrons. The Morgan fingerprint density at radius 3 is 2.23 bits per heavy atom. The van der Waals surface area contributed by atoms with Crippen molar-refractivity contribution in [3.05, 3.63) is 90.0 Å². The summed E-state index contributed by atoms with van der Waals surface area (Å²) in [5.74, 6) is 1.53. The van der Waals surface area contributed by atoms with Crippen molar-refractivity contribution < 1.29 is 9.53 Å². The second-order valence-corrected chi connectivity index (χ2v) is 6.31. The van der Waals surface area contributed by atoms with E-state index in [0.29, 0.717) is 6.54 Å². The van der Waals surface area contributed by atoms with Crippen molar-refractivity contribution in [2.24, 2.45) is 0 Å². The number of benzene rings is 3. The van der Waals surface area contributed by atoms with E-state index in [1.165, 1.54) is 11.1 Å². The lowest BCUT2D eigenvalue weighted by atomic mass is 10.0. The first kappa shape index (κ1) is 16.2. The van der Waals surface area contributed by atoms with Crippen LogP contribution in [0, 0.1) is 0 Å². The Bertz CT molecular complexity index is 892. The number of nitrogens with zero attached hydrogens (tertiary/aromatic N) is 1. The number of ether oxygens (including phenoxy) is 1. The fraction of sp³-hybridized carbons (Fsp3) is 0.136. The van der Waals surface area contributed by atoms with E-state index in [0.717, 1.165) is 30.2 Å². The van der Waals surface area contributed by atoms with Crippen molar-refractivity contribution in [1.82, 2.24) is 4.90 Å². The molecule has 4 heteroatoms. The summed E-state index contributed by atoms with van der Waals surface area (Å²) < 4.78 is 5.77. The number of rotatable bonds is 3. The van der Waals surface area contributed by atoms with Gasteiger partial charge in [-0.2, -0.15) is 0 Å². The zero-order valence-corrected chi connectivity index (χ0v) is 14.4. The second-order valence-electron chi connectivity index (χ2n) is 6.31. The Morgan fingerprint density at radius 2 is 1.46 bits per heavy atom. The molecule has 3 aromatic carbocycles. The standard InChI is InChI=1S/C22H20N2O2/c25-22(24-15-14-17-6-4-5-7-18(17)16-24)23-19-10-12-21(13-11-19)26-20-8-2-1-3-9-20/h1-13H,14-16H2,(H,23,25). The number of hydrogen-bond donors (Lipinski definition) is 1. The Balaban J connectivity index is 1.37. The van der Waals surface area contributed by atoms with Gasteiger partial charge in [-0.3, -0.25) is 0 Å². The molecule has 1 N–H and O–H groups in total. The molecule has 2 amide bonds. The summed E-state index contributed by atoms with van der Waals surface area (Å²) in [7, 11) is 0. The normalized spacial score (nSPS) is 13.0. The van der Waals surface area contributed by atoms with E-state index in [9.17, 15) is 4.79 Å². The maximum absolute atomic E-state index is 12.5. The molecule has 0 bridgehead atoms. The molecular weight excluding hydrogens is 324 g/mol. The topological polar surface area (TPSA) is 41.6 Å². The smallest absolute Gasteiger partial charge is 0.322 e. The summed E-state index contributed by atoms with van der Waals surface area (Å²) in [6, 6.07) is 25.3. The molecule has 4 rings (SSSR count). The maximum atomic E-state index is 12.5. The molecule has 1 aliphatic heterocycles. The summed E-state index contributed by atoms with van der Waals surface area (Å²) in [4.78, 5) is 14.4. The van der Waals surface area contributed by atoms with Crippen LogP contribution in [0.4, 0.5) is 10.5 Å². The lowest BCUT2D eigenvalue weighted by Crippen LogP contribution is -2.38. The van der Waals surface area contributed by atoms with Crippen LogP contribution in [-0.4, -0.2) is 17.5 Å². The van der Waals surface area contributed by atoms with Crippen molar-refractivity contribution in [3.8, 4) is 11.5 Å². The summed E-state index contributed by atoms with van der Waals surface area (Å²) >= 11 is 0. The van der Waals surface area contributed by atoms with E-state index in [4.69, 9.17) is 4.74 Å². The Morgan fingerprint density at radius 1 is 0.808 bits per heavy atom. The number of anilines is 1. The van der Waals surface area contributed by atoms with Gasteiger partial charge in [-0.1, -0.05) is 42.5 Å². The predicted molar refractivity (Wildman–Crippen MR) is 103 cm³/mol. The van der Waals surface area contributed by atoms with Gasteiger partial charge in [0.25, 0.3) is 0 Å². The van der Waals surface area contributed by atoms with Crippen LogP contribution in [0.15, 0.2) is 78.9 Å². The number of fused-ring (bicyclic) bond motifs is 1. The van der Waals surface area contributed by atoms with Crippen LogP contribution in [0.1, 0.15) is 11.1 Å². The highest BCUT2D eigenvalue weighted by atomic mass is 16.5. The Labute approximate surface area is 153 Å². The number of urea groups is 1. The SMILES string of the molecule is O=C(Nc1ccc(Oc2ccccc2)cc1)N1CCc2ccccc2C1. The fourth-order valence-electron chi connectivity index (χ4n) is 3.10. The highest BCUT2D eigenvalue weighted by Gasteiger charge is 2.20. The zero-order chi connectivity index (χ0) is 17.8. The summed E-state index contributed by atoms with van der Waals surface area (Å²) in [6.07, 6.45) is 0.896. The molecule has 0 spiro atoms. The quantitative estimate of drug-likeness (QED) is 0.721. The first-order chi connectivity index (χ1) is 12.8. The van der Waals surface area contributed by atoms with Crippen LogP contribution in [0.5, 0.6) is 11.5 Å². The van der Waals surface area contributed by atoms with Crippen LogP contribution in [0.25, 0.3) is 0 Å². The third-order valence-electron chi connectivity index (χ3n) is 4.50. The first-order valence-corrected chi connectivity index (χ1v) is 8.73. The monoisotopic (exact) mass is 344 g/mol. The number of nitrogens with one attached hydrogen (secondary N) is 1. The molecule has 1 heterocycles. The number of carbonyl (C=O) groups excluding carboxylic acids is 1. The summed E-state index contributed by atoms with van der Waals surface area (Å²) in [5, 5.41) is 2.96. The third-order valence-corrected chi connectivity index (χ3v) is 4.50. The molecule has 0 aromatic heterocycles. The van der Waals surface area contributed by atoms with Crippen LogP contribution in [0.2, 0.25) is 0 Å². The summed E-state index contributed by atoms with van der Waals surface area (Å²) in [6.45, 7) is 1.38. The van der Waals surface area contributed by atoms with E-state index in [-0.39, 0.29) is 6.03 Å². The lowest BCUT2D eigenvalue weighted by molar-refractivity contribution is 0.206. The molecular formula is C22H20N2O2. The van der Waals surface area contributed by atoms with Gasteiger partial charge >= 0.3 is 6.03 Å². The predicted octanol–water partition coefficient (Wildman–Crippen LogP) is 5.07. The molecule has 3 aromatic rings. The van der Waals surface area contributed by atoms with Crippen molar-refractivity contribution in [3.63, 3.8) is 0 Å². The molecule has 0 unspecified atom stereocenters. The van der Waals surface area contributed by atoms with E-state index in [1.807, 2.05) is 71.6 Å². The van der Waals surface area contributed by atoms with Crippen LogP contribution in [-0.2, 0) is 13.0 Å². The number of para-hydroxylation sites is 1. The molecule has 0 aliphatic carbocycles. The highest BCUT2D eigenvalue weighted by Crippen LogP contribution is 2.23. The van der Waals surface area contributed by atoms with Crippen LogP contribution < -0.4 is 10.1 Å². The Hall–Kier alpha value is -3.27. The zero-order valence-electron chi connectivity index (χ0n) is 14.4. The lowest BCUT2D eigenvalue weighted by Gasteiger charge is -2.29. The molecule has 26 heavy (non-hydrogen) atoms. The van der Waals surface area contributed by atoms with Gasteiger partial charge < -0.3 is 15.0 Å². The van der Waals surface area contributed by atoms with Gasteiger partial charge in [-0.15, -0.1) is 0 Å². The van der Waals surface area contributed by atoms with Crippen molar-refractivity contribution in [1.29, 1.82) is 0 Å². The van der Waals surface area contributed by atoms with Gasteiger partial charge in [0, 0.05) is 18.8 Å². The summed E-state index contributed by atoms with van der Waals surface area (Å²) in [5.41, 5.74) is 3.31. The minimum Gasteiger partial charge on any atom is -0.457 e. The number of hydrogen-bond acceptors (Lipinski definition) is 2. The molecule has 0 radical (unpaired) electrons. The van der Waals surface area contributed by atoms with Gasteiger partial charge in [0.05, 0.1) is 0 Å². The second kappa shape index (κ2) is 7.31. The van der Waals surface area contributed by atoms with Gasteiger partial charge in [-0.25, -0.2) is 4.79 Å². The van der Waals surface area contributed by atoms with E-state index >= 15 is 0 Å². The average molecular weight is 344 g/mol. The van der Waals surface area contributed by atoms with Gasteiger partial charge in [0.2, 0.25) is 0 Å². The molecule has 0 fully saturated rings. The highest BCUT2D eigenvalue weighted by molar-refractivity contribution is 5.89. The third kappa shape index (κ3) is 3.70. The molecule has 4 nitrogen and oxygen atoms in total. The molecule has 0 saturated heterocycles. The van der Waals surface area contributed by atoms with Gasteiger partial charge in [-0.05, 0) is 53.9 Å². The first-order valence-electron chi connectivity index (χ1n) is 8.73. The average Bonchev–Trinajstić information content (AvgIpc) is 2.70. The number of amides is 2. The van der Waals surface area contributed by atoms with Crippen LogP contribution in [0.3, 0.4) is 0 Å². The minimum absolute atomic E-state index is 0.0729. The number of carbonyl (C=O) groups is 1. The van der Waals surface area contributed by atoms with Gasteiger partial charge in [0.15, 0.2) is 0 Å². The minimum atomic E-state index is -0.0729. The van der Waals surface area contributed by atoms with Gasteiger partial charge in [0.1, 0.15) is 11.5 Å². The van der Waals surface area contributed by atoms with Crippen molar-refractivity contribution >= 4 is 11.7 Å². The van der Waals surface area contributed by atoms with Crippen molar-refractivity contribution in [2.75, 3.05) is 11.9 Å². The maximum Gasteiger partial charge on any atom is 0.322 e. The van der Waals surface area contributed by atoms with Crippen molar-refractivity contribution in [2.45, 2.75) is 13.0 Å². The largest absolute Gasteiger partial charge is 0.457 e. The Kier molecular flexibility index (Phi) is 4.56. The fourth-order valence-corrected chi connectivity index (χ4v) is 3.10. The molecule has 1 aliphatic rings. The van der Waals surface area contributed by atoms with E-state index in [1.54, 1.807) is 0 Å². The van der Waals surface area contributed by atoms with Crippen LogP contribution >= 0.6 is 0 Å².